The van der Waals surface area contributed by atoms with E-state index < -0.39 is 0 Å². The molecule has 0 fully saturated rings. The van der Waals surface area contributed by atoms with E-state index in [4.69, 9.17) is 15.2 Å². The van der Waals surface area contributed by atoms with Gasteiger partial charge in [-0.05, 0) is 25.1 Å². The Hall–Kier alpha value is -1.75. The van der Waals surface area contributed by atoms with Crippen LogP contribution in [0, 0.1) is 6.92 Å². The quantitative estimate of drug-likeness (QED) is 0.910. The molecule has 1 aromatic carbocycles. The van der Waals surface area contributed by atoms with Crippen molar-refractivity contribution in [3.63, 3.8) is 0 Å². The molecule has 2 N–H and O–H groups in total. The van der Waals surface area contributed by atoms with E-state index in [-0.39, 0.29) is 0 Å². The topological polar surface area (TPSA) is 57.4 Å². The summed E-state index contributed by atoms with van der Waals surface area (Å²) in [5.41, 5.74) is 7.57. The maximum atomic E-state index is 5.69. The predicted octanol–water partition coefficient (Wildman–Crippen LogP) is 2.72. The molecule has 1 heterocycles. The molecular formula is C12H14N2O2S. The molecule has 4 nitrogen and oxygen atoms in total. The van der Waals surface area contributed by atoms with E-state index in [0.717, 1.165) is 16.1 Å². The Morgan fingerprint density at radius 1 is 1.18 bits per heavy atom. The zero-order chi connectivity index (χ0) is 12.4. The minimum atomic E-state index is 0.576. The van der Waals surface area contributed by atoms with E-state index in [1.807, 2.05) is 25.1 Å². The van der Waals surface area contributed by atoms with Crippen molar-refractivity contribution < 1.29 is 9.47 Å². The second-order valence-electron chi connectivity index (χ2n) is 3.53. The normalized spacial score (nSPS) is 10.3. The minimum absolute atomic E-state index is 0.576. The van der Waals surface area contributed by atoms with E-state index in [0.29, 0.717) is 16.6 Å². The lowest BCUT2D eigenvalue weighted by molar-refractivity contribution is 0.355. The number of thiazole rings is 1. The number of nitrogens with two attached hydrogens (primary N) is 1. The van der Waals surface area contributed by atoms with E-state index >= 15 is 0 Å². The van der Waals surface area contributed by atoms with Crippen molar-refractivity contribution in [2.45, 2.75) is 6.92 Å². The first-order valence-corrected chi connectivity index (χ1v) is 5.92. The summed E-state index contributed by atoms with van der Waals surface area (Å²) in [6, 6.07) is 5.71. The molecule has 0 unspecified atom stereocenters. The molecule has 5 heteroatoms. The number of hydrogen-bond acceptors (Lipinski definition) is 5. The van der Waals surface area contributed by atoms with Crippen LogP contribution in [0.5, 0.6) is 11.5 Å². The Labute approximate surface area is 104 Å². The van der Waals surface area contributed by atoms with E-state index in [1.54, 1.807) is 14.2 Å². The van der Waals surface area contributed by atoms with Crippen molar-refractivity contribution in [1.29, 1.82) is 0 Å². The van der Waals surface area contributed by atoms with Gasteiger partial charge in [0.15, 0.2) is 16.6 Å². The molecule has 0 radical (unpaired) electrons. The van der Waals surface area contributed by atoms with Gasteiger partial charge in [-0.15, -0.1) is 11.3 Å². The molecule has 0 bridgehead atoms. The van der Waals surface area contributed by atoms with Gasteiger partial charge in [-0.2, -0.15) is 0 Å². The summed E-state index contributed by atoms with van der Waals surface area (Å²) in [7, 11) is 3.23. The summed E-state index contributed by atoms with van der Waals surface area (Å²) >= 11 is 1.48. The summed E-state index contributed by atoms with van der Waals surface area (Å²) < 4.78 is 10.5. The standard InChI is InChI=1S/C12H14N2O2S/c1-7-11(14-12(13)17-7)8-4-5-9(15-2)10(6-8)16-3/h4-6H,1-3H3,(H2,13,14). The Balaban J connectivity index is 2.50. The van der Waals surface area contributed by atoms with Crippen LogP contribution in [0.4, 0.5) is 5.13 Å². The van der Waals surface area contributed by atoms with Gasteiger partial charge in [0.25, 0.3) is 0 Å². The summed E-state index contributed by atoms with van der Waals surface area (Å²) in [4.78, 5) is 5.40. The zero-order valence-electron chi connectivity index (χ0n) is 9.98. The van der Waals surface area contributed by atoms with Crippen molar-refractivity contribution in [3.8, 4) is 22.8 Å². The van der Waals surface area contributed by atoms with Crippen LogP contribution in [0.1, 0.15) is 4.88 Å². The number of aromatic nitrogens is 1. The third-order valence-corrected chi connectivity index (χ3v) is 3.27. The number of nitrogen functional groups attached to an aromatic ring is 1. The average Bonchev–Trinajstić information content (AvgIpc) is 2.67. The smallest absolute Gasteiger partial charge is 0.180 e. The maximum absolute atomic E-state index is 5.69. The molecule has 2 rings (SSSR count). The van der Waals surface area contributed by atoms with Gasteiger partial charge in [-0.25, -0.2) is 4.98 Å². The number of nitrogens with zero attached hydrogens (tertiary/aromatic N) is 1. The van der Waals surface area contributed by atoms with Crippen LogP contribution < -0.4 is 15.2 Å². The van der Waals surface area contributed by atoms with Gasteiger partial charge in [0.05, 0.1) is 19.9 Å². The lowest BCUT2D eigenvalue weighted by atomic mass is 10.1. The number of aryl methyl sites for hydroxylation is 1. The van der Waals surface area contributed by atoms with E-state index in [2.05, 4.69) is 4.98 Å². The first kappa shape index (κ1) is 11.7. The summed E-state index contributed by atoms with van der Waals surface area (Å²) in [6.07, 6.45) is 0. The molecular weight excluding hydrogens is 236 g/mol. The lowest BCUT2D eigenvalue weighted by Gasteiger charge is -2.08. The Kier molecular flexibility index (Phi) is 3.19. The molecule has 0 spiro atoms. The van der Waals surface area contributed by atoms with Gasteiger partial charge in [0, 0.05) is 10.4 Å². The molecule has 0 saturated heterocycles. The Morgan fingerprint density at radius 2 is 1.88 bits per heavy atom. The van der Waals surface area contributed by atoms with Gasteiger partial charge in [0.1, 0.15) is 0 Å². The van der Waals surface area contributed by atoms with Crippen molar-refractivity contribution in [2.24, 2.45) is 0 Å². The van der Waals surface area contributed by atoms with Crippen molar-refractivity contribution >= 4 is 16.5 Å². The third-order valence-electron chi connectivity index (χ3n) is 2.47. The maximum Gasteiger partial charge on any atom is 0.180 e. The summed E-state index contributed by atoms with van der Waals surface area (Å²) in [6.45, 7) is 2.00. The third kappa shape index (κ3) is 2.19. The highest BCUT2D eigenvalue weighted by atomic mass is 32.1. The molecule has 0 atom stereocenters. The van der Waals surface area contributed by atoms with Crippen molar-refractivity contribution in [3.05, 3.63) is 23.1 Å². The van der Waals surface area contributed by atoms with Crippen molar-refractivity contribution in [1.82, 2.24) is 4.98 Å². The molecule has 0 aliphatic heterocycles. The van der Waals surface area contributed by atoms with Crippen LogP contribution in [0.3, 0.4) is 0 Å². The molecule has 17 heavy (non-hydrogen) atoms. The molecule has 1 aromatic heterocycles. The average molecular weight is 250 g/mol. The van der Waals surface area contributed by atoms with Gasteiger partial charge in [-0.3, -0.25) is 0 Å². The van der Waals surface area contributed by atoms with Gasteiger partial charge < -0.3 is 15.2 Å². The summed E-state index contributed by atoms with van der Waals surface area (Å²) in [5.74, 6) is 1.40. The van der Waals surface area contributed by atoms with Crippen LogP contribution >= 0.6 is 11.3 Å². The number of methoxy groups -OCH3 is 2. The predicted molar refractivity (Wildman–Crippen MR) is 69.8 cm³/mol. The molecule has 0 aliphatic carbocycles. The first-order valence-electron chi connectivity index (χ1n) is 5.11. The van der Waals surface area contributed by atoms with Crippen LogP contribution in [0.2, 0.25) is 0 Å². The molecule has 0 aliphatic rings. The number of rotatable bonds is 3. The monoisotopic (exact) mass is 250 g/mol. The second kappa shape index (κ2) is 4.63. The highest BCUT2D eigenvalue weighted by molar-refractivity contribution is 7.15. The highest BCUT2D eigenvalue weighted by Gasteiger charge is 2.11. The first-order chi connectivity index (χ1) is 8.15. The van der Waals surface area contributed by atoms with Crippen LogP contribution in [0.25, 0.3) is 11.3 Å². The molecule has 90 valence electrons. The molecule has 0 amide bonds. The van der Waals surface area contributed by atoms with Gasteiger partial charge in [-0.1, -0.05) is 0 Å². The summed E-state index contributed by atoms with van der Waals surface area (Å²) in [5, 5.41) is 0.576. The Bertz CT molecular complexity index is 537. The van der Waals surface area contributed by atoms with Crippen LogP contribution in [-0.4, -0.2) is 19.2 Å². The van der Waals surface area contributed by atoms with Gasteiger partial charge >= 0.3 is 0 Å². The number of ether oxygens (including phenoxy) is 2. The number of hydrogen-bond donors (Lipinski definition) is 1. The Morgan fingerprint density at radius 3 is 2.41 bits per heavy atom. The zero-order valence-corrected chi connectivity index (χ0v) is 10.8. The fourth-order valence-electron chi connectivity index (χ4n) is 1.67. The minimum Gasteiger partial charge on any atom is -0.493 e. The highest BCUT2D eigenvalue weighted by Crippen LogP contribution is 2.35. The second-order valence-corrected chi connectivity index (χ2v) is 4.76. The van der Waals surface area contributed by atoms with Crippen molar-refractivity contribution in [2.75, 3.05) is 20.0 Å². The van der Waals surface area contributed by atoms with Crippen LogP contribution in [0.15, 0.2) is 18.2 Å². The van der Waals surface area contributed by atoms with E-state index in [9.17, 15) is 0 Å². The molecule has 0 saturated carbocycles. The fraction of sp³-hybridized carbons (Fsp3) is 0.250. The van der Waals surface area contributed by atoms with E-state index in [1.165, 1.54) is 11.3 Å². The SMILES string of the molecule is COc1ccc(-c2nc(N)sc2C)cc1OC. The van der Waals surface area contributed by atoms with Gasteiger partial charge in [0.2, 0.25) is 0 Å². The number of benzene rings is 1. The largest absolute Gasteiger partial charge is 0.493 e. The molecule has 2 aromatic rings. The lowest BCUT2D eigenvalue weighted by Crippen LogP contribution is -1.91. The fourth-order valence-corrected chi connectivity index (χ4v) is 2.38. The number of anilines is 1. The van der Waals surface area contributed by atoms with Crippen LogP contribution in [-0.2, 0) is 0 Å².